The smallest absolute Gasteiger partial charge is 0.0442 e. The maximum Gasteiger partial charge on any atom is 0.0442 e. The Bertz CT molecular complexity index is 326. The van der Waals surface area contributed by atoms with Crippen molar-refractivity contribution in [1.82, 2.24) is 0 Å². The van der Waals surface area contributed by atoms with Crippen LogP contribution >= 0.6 is 0 Å². The molecule has 0 saturated heterocycles. The van der Waals surface area contributed by atoms with E-state index in [0.29, 0.717) is 0 Å². The molecule has 62 valence electrons. The van der Waals surface area contributed by atoms with Crippen LogP contribution in [-0.2, 0) is 6.42 Å². The summed E-state index contributed by atoms with van der Waals surface area (Å²) in [7, 11) is 2.13. The van der Waals surface area contributed by atoms with E-state index in [9.17, 15) is 0 Å². The molecule has 1 aliphatic heterocycles. The molecule has 1 aliphatic rings. The van der Waals surface area contributed by atoms with Crippen LogP contribution in [0, 0.1) is 0 Å². The molecule has 0 radical (unpaired) electrons. The number of benzene rings is 1. The van der Waals surface area contributed by atoms with E-state index < -0.39 is 0 Å². The average molecular weight is 159 g/mol. The molecule has 1 aromatic rings. The second-order valence-corrected chi connectivity index (χ2v) is 3.14. The lowest BCUT2D eigenvalue weighted by Crippen LogP contribution is -2.10. The molecule has 0 aliphatic carbocycles. The Labute approximate surface area is 73.3 Å². The summed E-state index contributed by atoms with van der Waals surface area (Å²) < 4.78 is 0. The number of para-hydroxylation sites is 1. The van der Waals surface area contributed by atoms with Gasteiger partial charge in [-0.1, -0.05) is 24.3 Å². The summed E-state index contributed by atoms with van der Waals surface area (Å²) in [5.41, 5.74) is 4.19. The highest BCUT2D eigenvalue weighted by molar-refractivity contribution is 5.64. The number of allylic oxidation sites excluding steroid dienone is 2. The molecule has 0 N–H and O–H groups in total. The number of likely N-dealkylation sites (N-methyl/N-ethyl adjacent to an activating group) is 1. The number of anilines is 1. The quantitative estimate of drug-likeness (QED) is 0.562. The van der Waals surface area contributed by atoms with Crippen LogP contribution in [-0.4, -0.2) is 7.05 Å². The van der Waals surface area contributed by atoms with Gasteiger partial charge in [-0.15, -0.1) is 0 Å². The Balaban J connectivity index is 2.49. The molecular weight excluding hydrogens is 146 g/mol. The minimum Gasteiger partial charge on any atom is -0.348 e. The Morgan fingerprint density at radius 3 is 2.75 bits per heavy atom. The molecule has 1 heterocycles. The van der Waals surface area contributed by atoms with Crippen LogP contribution in [0.2, 0.25) is 0 Å². The van der Waals surface area contributed by atoms with Crippen molar-refractivity contribution in [1.29, 1.82) is 0 Å². The molecule has 1 heteroatoms. The predicted molar refractivity (Wildman–Crippen MR) is 52.3 cm³/mol. The summed E-state index contributed by atoms with van der Waals surface area (Å²) in [5, 5.41) is 0. The van der Waals surface area contributed by atoms with E-state index >= 15 is 0 Å². The first-order valence-corrected chi connectivity index (χ1v) is 4.29. The first kappa shape index (κ1) is 7.41. The lowest BCUT2D eigenvalue weighted by atomic mass is 10.1. The molecule has 0 aromatic heterocycles. The summed E-state index contributed by atoms with van der Waals surface area (Å²) in [6, 6.07) is 8.56. The zero-order valence-electron chi connectivity index (χ0n) is 7.54. The van der Waals surface area contributed by atoms with Crippen molar-refractivity contribution in [2.75, 3.05) is 11.9 Å². The van der Waals surface area contributed by atoms with E-state index in [1.807, 2.05) is 0 Å². The maximum atomic E-state index is 2.26. The summed E-state index contributed by atoms with van der Waals surface area (Å²) >= 11 is 0. The molecule has 2 rings (SSSR count). The Morgan fingerprint density at radius 1 is 1.33 bits per heavy atom. The first-order valence-electron chi connectivity index (χ1n) is 4.29. The molecule has 0 spiro atoms. The van der Waals surface area contributed by atoms with Crippen molar-refractivity contribution < 1.29 is 0 Å². The minimum atomic E-state index is 1.09. The van der Waals surface area contributed by atoms with E-state index in [1.165, 1.54) is 16.9 Å². The monoisotopic (exact) mass is 159 g/mol. The van der Waals surface area contributed by atoms with Crippen molar-refractivity contribution in [3.8, 4) is 0 Å². The van der Waals surface area contributed by atoms with Gasteiger partial charge in [-0.25, -0.2) is 0 Å². The average Bonchev–Trinajstić information content (AvgIpc) is 2.44. The van der Waals surface area contributed by atoms with Crippen LogP contribution in [0.25, 0.3) is 0 Å². The fraction of sp³-hybridized carbons (Fsp3) is 0.273. The van der Waals surface area contributed by atoms with Crippen LogP contribution in [0.5, 0.6) is 0 Å². The SMILES string of the molecule is CC=C1Cc2ccccc2N1C. The van der Waals surface area contributed by atoms with Crippen LogP contribution in [0.4, 0.5) is 5.69 Å². The lowest BCUT2D eigenvalue weighted by Gasteiger charge is -2.13. The van der Waals surface area contributed by atoms with Crippen molar-refractivity contribution in [2.45, 2.75) is 13.3 Å². The van der Waals surface area contributed by atoms with Gasteiger partial charge < -0.3 is 4.90 Å². The van der Waals surface area contributed by atoms with Gasteiger partial charge in [0.25, 0.3) is 0 Å². The molecule has 0 saturated carbocycles. The third-order valence-corrected chi connectivity index (χ3v) is 2.49. The van der Waals surface area contributed by atoms with E-state index in [2.05, 4.69) is 49.2 Å². The second-order valence-electron chi connectivity index (χ2n) is 3.14. The van der Waals surface area contributed by atoms with Crippen LogP contribution in [0.3, 0.4) is 0 Å². The summed E-state index contributed by atoms with van der Waals surface area (Å²) in [6.45, 7) is 2.09. The minimum absolute atomic E-state index is 1.09. The second kappa shape index (κ2) is 2.67. The highest BCUT2D eigenvalue weighted by Crippen LogP contribution is 2.32. The largest absolute Gasteiger partial charge is 0.348 e. The van der Waals surface area contributed by atoms with Crippen molar-refractivity contribution >= 4 is 5.69 Å². The summed E-state index contributed by atoms with van der Waals surface area (Å²) in [5.74, 6) is 0. The topological polar surface area (TPSA) is 3.24 Å². The zero-order valence-corrected chi connectivity index (χ0v) is 7.54. The van der Waals surface area contributed by atoms with Gasteiger partial charge >= 0.3 is 0 Å². The number of hydrogen-bond acceptors (Lipinski definition) is 1. The third-order valence-electron chi connectivity index (χ3n) is 2.49. The molecule has 0 fully saturated rings. The number of hydrogen-bond donors (Lipinski definition) is 0. The fourth-order valence-electron chi connectivity index (χ4n) is 1.75. The number of fused-ring (bicyclic) bond motifs is 1. The summed E-state index contributed by atoms with van der Waals surface area (Å²) in [6.07, 6.45) is 3.27. The molecule has 0 atom stereocenters. The molecule has 1 aromatic carbocycles. The summed E-state index contributed by atoms with van der Waals surface area (Å²) in [4.78, 5) is 2.26. The molecule has 1 nitrogen and oxygen atoms in total. The molecule has 0 amide bonds. The van der Waals surface area contributed by atoms with Crippen molar-refractivity contribution in [2.24, 2.45) is 0 Å². The lowest BCUT2D eigenvalue weighted by molar-refractivity contribution is 1.09. The van der Waals surface area contributed by atoms with Crippen LogP contribution in [0.15, 0.2) is 36.0 Å². The molecule has 0 unspecified atom stereocenters. The number of rotatable bonds is 0. The van der Waals surface area contributed by atoms with Gasteiger partial charge in [-0.05, 0) is 18.6 Å². The highest BCUT2D eigenvalue weighted by atomic mass is 15.1. The van der Waals surface area contributed by atoms with Crippen LogP contribution < -0.4 is 4.90 Å². The van der Waals surface area contributed by atoms with Crippen molar-refractivity contribution in [3.05, 3.63) is 41.6 Å². The molecule has 12 heavy (non-hydrogen) atoms. The maximum absolute atomic E-state index is 2.26. The fourth-order valence-corrected chi connectivity index (χ4v) is 1.75. The van der Waals surface area contributed by atoms with E-state index in [1.54, 1.807) is 0 Å². The van der Waals surface area contributed by atoms with E-state index in [4.69, 9.17) is 0 Å². The standard InChI is InChI=1S/C11H13N/c1-3-10-8-9-6-4-5-7-11(9)12(10)2/h3-7H,8H2,1-2H3. The van der Waals surface area contributed by atoms with Gasteiger partial charge in [0.15, 0.2) is 0 Å². The first-order chi connectivity index (χ1) is 5.83. The van der Waals surface area contributed by atoms with Gasteiger partial charge in [0, 0.05) is 24.9 Å². The Morgan fingerprint density at radius 2 is 2.08 bits per heavy atom. The van der Waals surface area contributed by atoms with Crippen LogP contribution in [0.1, 0.15) is 12.5 Å². The predicted octanol–water partition coefficient (Wildman–Crippen LogP) is 2.58. The normalized spacial score (nSPS) is 18.5. The third kappa shape index (κ3) is 0.934. The Kier molecular flexibility index (Phi) is 1.65. The van der Waals surface area contributed by atoms with Gasteiger partial charge in [0.1, 0.15) is 0 Å². The van der Waals surface area contributed by atoms with Gasteiger partial charge in [0.2, 0.25) is 0 Å². The van der Waals surface area contributed by atoms with Gasteiger partial charge in [-0.2, -0.15) is 0 Å². The van der Waals surface area contributed by atoms with E-state index in [-0.39, 0.29) is 0 Å². The van der Waals surface area contributed by atoms with Gasteiger partial charge in [-0.3, -0.25) is 0 Å². The van der Waals surface area contributed by atoms with Crippen molar-refractivity contribution in [3.63, 3.8) is 0 Å². The molecule has 0 bridgehead atoms. The Hall–Kier alpha value is -1.24. The number of nitrogens with zero attached hydrogens (tertiary/aromatic N) is 1. The molecular formula is C11H13N. The van der Waals surface area contributed by atoms with E-state index in [0.717, 1.165) is 6.42 Å². The zero-order chi connectivity index (χ0) is 8.55. The van der Waals surface area contributed by atoms with Gasteiger partial charge in [0.05, 0.1) is 0 Å². The highest BCUT2D eigenvalue weighted by Gasteiger charge is 2.18.